The van der Waals surface area contributed by atoms with Crippen LogP contribution in [0.3, 0.4) is 0 Å². The van der Waals surface area contributed by atoms with E-state index >= 15 is 0 Å². The molecule has 20 heavy (non-hydrogen) atoms. The van der Waals surface area contributed by atoms with Crippen molar-refractivity contribution >= 4 is 11.6 Å². The molecule has 1 N–H and O–H groups in total. The van der Waals surface area contributed by atoms with Gasteiger partial charge in [0.1, 0.15) is 0 Å². The fourth-order valence-electron chi connectivity index (χ4n) is 1.65. The van der Waals surface area contributed by atoms with Gasteiger partial charge in [0.05, 0.1) is 5.76 Å². The number of carbonyl (C=O) groups is 1. The Balaban J connectivity index is 0.000000396. The van der Waals surface area contributed by atoms with E-state index in [1.54, 1.807) is 0 Å². The van der Waals surface area contributed by atoms with Crippen LogP contribution in [0.5, 0.6) is 0 Å². The van der Waals surface area contributed by atoms with Gasteiger partial charge in [-0.25, -0.2) is 0 Å². The zero-order valence-corrected chi connectivity index (χ0v) is 14.3. The third kappa shape index (κ3) is 6.64. The third-order valence-corrected chi connectivity index (χ3v) is 2.42. The van der Waals surface area contributed by atoms with Gasteiger partial charge < -0.3 is 15.0 Å². The number of likely N-dealkylation sites (N-methyl/N-ethyl adjacent to an activating group) is 1. The first-order valence-electron chi connectivity index (χ1n) is 6.11. The Morgan fingerprint density at radius 2 is 2.15 bits per heavy atom. The number of nitrogens with zero attached hydrogens (tertiary/aromatic N) is 2. The quantitative estimate of drug-likeness (QED) is 0.426. The summed E-state index contributed by atoms with van der Waals surface area (Å²) in [6.07, 6.45) is 1.17. The molecule has 0 saturated heterocycles. The number of amidine groups is 1. The fraction of sp³-hybridized carbons (Fsp3) is 0.333. The van der Waals surface area contributed by atoms with Crippen molar-refractivity contribution in [3.05, 3.63) is 47.7 Å². The van der Waals surface area contributed by atoms with E-state index in [4.69, 9.17) is 5.11 Å². The number of benzene rings is 1. The molecule has 5 heteroatoms. The Morgan fingerprint density at radius 3 is 2.50 bits per heavy atom. The van der Waals surface area contributed by atoms with Gasteiger partial charge in [-0.05, 0) is 20.9 Å². The number of aliphatic hydroxyl groups excluding tert-OH is 1. The first-order valence-corrected chi connectivity index (χ1v) is 6.11. The minimum atomic E-state index is -0.125. The average molecular weight is 452 g/mol. The summed E-state index contributed by atoms with van der Waals surface area (Å²) in [7, 11) is 2.06. The molecule has 1 aromatic rings. The molecule has 1 heterocycles. The van der Waals surface area contributed by atoms with E-state index in [1.807, 2.05) is 24.3 Å². The van der Waals surface area contributed by atoms with Crippen LogP contribution in [0.15, 0.2) is 41.1 Å². The second-order valence-electron chi connectivity index (χ2n) is 4.30. The molecule has 0 aromatic heterocycles. The van der Waals surface area contributed by atoms with E-state index in [1.165, 1.54) is 19.9 Å². The maximum Gasteiger partial charge on any atom is 0.155 e. The summed E-state index contributed by atoms with van der Waals surface area (Å²) in [6, 6.07) is 11.1. The molecule has 111 valence electrons. The second-order valence-corrected chi connectivity index (χ2v) is 4.30. The zero-order valence-electron chi connectivity index (χ0n) is 11.9. The Morgan fingerprint density at radius 1 is 1.45 bits per heavy atom. The van der Waals surface area contributed by atoms with Gasteiger partial charge in [-0.3, -0.25) is 4.79 Å². The van der Waals surface area contributed by atoms with Crippen LogP contribution in [0, 0.1) is 6.07 Å². The van der Waals surface area contributed by atoms with Crippen LogP contribution in [-0.4, -0.2) is 41.8 Å². The monoisotopic (exact) mass is 452 g/mol. The van der Waals surface area contributed by atoms with E-state index in [-0.39, 0.29) is 31.6 Å². The molecule has 1 aliphatic rings. The first-order chi connectivity index (χ1) is 9.00. The number of carbonyl (C=O) groups excluding carboxylic acids is 1. The summed E-state index contributed by atoms with van der Waals surface area (Å²) in [6.45, 7) is 4.79. The molecule has 0 fully saturated rings. The van der Waals surface area contributed by atoms with Gasteiger partial charge >= 0.3 is 0 Å². The third-order valence-electron chi connectivity index (χ3n) is 2.42. The summed E-state index contributed by atoms with van der Waals surface area (Å²) < 4.78 is 0. The van der Waals surface area contributed by atoms with Gasteiger partial charge in [-0.1, -0.05) is 0 Å². The van der Waals surface area contributed by atoms with Gasteiger partial charge in [-0.15, -0.1) is 35.9 Å². The summed E-state index contributed by atoms with van der Waals surface area (Å²) in [4.78, 5) is 16.6. The number of aliphatic imine (C=N–C) groups is 1. The van der Waals surface area contributed by atoms with Crippen molar-refractivity contribution in [3.63, 3.8) is 0 Å². The van der Waals surface area contributed by atoms with Crippen LogP contribution in [0.1, 0.15) is 19.4 Å². The number of rotatable bonds is 2. The molecule has 1 radical (unpaired) electrons. The van der Waals surface area contributed by atoms with Crippen LogP contribution in [-0.2, 0) is 24.9 Å². The molecule has 1 aromatic carbocycles. The maximum absolute atomic E-state index is 10.0. The summed E-state index contributed by atoms with van der Waals surface area (Å²) in [5, 5.41) is 8.36. The molecule has 0 amide bonds. The molecule has 0 bridgehead atoms. The van der Waals surface area contributed by atoms with Crippen molar-refractivity contribution in [2.24, 2.45) is 4.99 Å². The molecule has 0 atom stereocenters. The van der Waals surface area contributed by atoms with Crippen LogP contribution in [0.25, 0.3) is 0 Å². The second kappa shape index (κ2) is 9.45. The molecule has 0 aliphatic carbocycles. The topological polar surface area (TPSA) is 52.9 Å². The average Bonchev–Trinajstić information content (AvgIpc) is 2.75. The molecule has 0 unspecified atom stereocenters. The van der Waals surface area contributed by atoms with Crippen molar-refractivity contribution in [1.82, 2.24) is 4.90 Å². The van der Waals surface area contributed by atoms with Gasteiger partial charge in [-0.2, -0.15) is 0 Å². The molecular formula is C15H19IrN2O2-. The van der Waals surface area contributed by atoms with E-state index < -0.39 is 0 Å². The van der Waals surface area contributed by atoms with Crippen molar-refractivity contribution in [2.45, 2.75) is 13.8 Å². The van der Waals surface area contributed by atoms with Gasteiger partial charge in [0.2, 0.25) is 0 Å². The number of hydrogen-bond donors (Lipinski definition) is 1. The Kier molecular flexibility index (Phi) is 8.77. The summed E-state index contributed by atoms with van der Waals surface area (Å²) in [5.41, 5.74) is 1.09. The van der Waals surface area contributed by atoms with Crippen LogP contribution in [0.2, 0.25) is 0 Å². The van der Waals surface area contributed by atoms with Gasteiger partial charge in [0.15, 0.2) is 5.78 Å². The van der Waals surface area contributed by atoms with Crippen LogP contribution < -0.4 is 0 Å². The number of ketones is 1. The predicted molar refractivity (Wildman–Crippen MR) is 76.4 cm³/mol. The molecule has 1 aliphatic heterocycles. The molecule has 0 spiro atoms. The molecular weight excluding hydrogens is 432 g/mol. The van der Waals surface area contributed by atoms with Gasteiger partial charge in [0.25, 0.3) is 0 Å². The largest absolute Gasteiger partial charge is 0.512 e. The maximum atomic E-state index is 10.0. The summed E-state index contributed by atoms with van der Waals surface area (Å²) >= 11 is 0. The Bertz CT molecular complexity index is 480. The van der Waals surface area contributed by atoms with Crippen molar-refractivity contribution in [3.8, 4) is 0 Å². The normalized spacial score (nSPS) is 13.8. The predicted octanol–water partition coefficient (Wildman–Crippen LogP) is 2.21. The van der Waals surface area contributed by atoms with Crippen molar-refractivity contribution in [2.75, 3.05) is 20.1 Å². The molecule has 4 nitrogen and oxygen atoms in total. The Labute approximate surface area is 133 Å². The minimum absolute atomic E-state index is 0. The fourth-order valence-corrected chi connectivity index (χ4v) is 1.65. The van der Waals surface area contributed by atoms with Crippen LogP contribution >= 0.6 is 0 Å². The van der Waals surface area contributed by atoms with E-state index in [0.717, 1.165) is 24.5 Å². The summed E-state index contributed by atoms with van der Waals surface area (Å²) in [5.74, 6) is 1.00. The standard InChI is InChI=1S/C10H11N2.C5H8O2.Ir/c1-12-8-7-11-10(12)9-5-3-2-4-6-9;1-4(6)3-5(2)7;/h2-5H,7-8H2,1H3;3,6H,1-2H3;/q-1;;/b;4-3-;. The zero-order chi connectivity index (χ0) is 14.3. The molecule has 0 saturated carbocycles. The number of aliphatic hydroxyl groups is 1. The van der Waals surface area contributed by atoms with E-state index in [2.05, 4.69) is 23.0 Å². The minimum Gasteiger partial charge on any atom is -0.512 e. The van der Waals surface area contributed by atoms with Crippen LogP contribution in [0.4, 0.5) is 0 Å². The molecule has 2 rings (SSSR count). The number of hydrogen-bond acceptors (Lipinski definition) is 4. The van der Waals surface area contributed by atoms with Crippen molar-refractivity contribution in [1.29, 1.82) is 0 Å². The SMILES string of the molecule is CC(=O)/C=C(/C)O.CN1CCN=C1c1[c-]cccc1.[Ir]. The van der Waals surface area contributed by atoms with E-state index in [0.29, 0.717) is 0 Å². The van der Waals surface area contributed by atoms with Crippen molar-refractivity contribution < 1.29 is 30.0 Å². The van der Waals surface area contributed by atoms with Gasteiger partial charge in [0, 0.05) is 45.1 Å². The number of allylic oxidation sites excluding steroid dienone is 2. The Hall–Kier alpha value is -1.45. The first kappa shape index (κ1) is 18.5. The smallest absolute Gasteiger partial charge is 0.155 e. The van der Waals surface area contributed by atoms with E-state index in [9.17, 15) is 4.79 Å².